The fourth-order valence-corrected chi connectivity index (χ4v) is 3.82. The van der Waals surface area contributed by atoms with Crippen LogP contribution in [0.5, 0.6) is 11.5 Å². The van der Waals surface area contributed by atoms with Crippen LogP contribution in [-0.2, 0) is 0 Å². The van der Waals surface area contributed by atoms with Crippen LogP contribution >= 0.6 is 15.9 Å². The number of halogens is 1. The second-order valence-electron chi connectivity index (χ2n) is 6.98. The van der Waals surface area contributed by atoms with E-state index in [0.29, 0.717) is 5.89 Å². The molecule has 0 aliphatic carbocycles. The molecule has 0 fully saturated rings. The summed E-state index contributed by atoms with van der Waals surface area (Å²) in [5, 5.41) is 0. The van der Waals surface area contributed by atoms with Crippen LogP contribution in [0.15, 0.2) is 62.4 Å². The van der Waals surface area contributed by atoms with Crippen molar-refractivity contribution in [1.82, 2.24) is 4.98 Å². The van der Waals surface area contributed by atoms with E-state index in [1.54, 1.807) is 6.21 Å². The predicted molar refractivity (Wildman–Crippen MR) is 116 cm³/mol. The van der Waals surface area contributed by atoms with Crippen molar-refractivity contribution in [2.75, 3.05) is 6.79 Å². The number of benzene rings is 3. The van der Waals surface area contributed by atoms with E-state index in [0.717, 1.165) is 49.4 Å². The maximum absolute atomic E-state index is 6.03. The third kappa shape index (κ3) is 3.40. The van der Waals surface area contributed by atoms with Gasteiger partial charge in [0.1, 0.15) is 5.52 Å². The molecule has 5 rings (SSSR count). The largest absolute Gasteiger partial charge is 0.454 e. The molecule has 0 bridgehead atoms. The highest BCUT2D eigenvalue weighted by Crippen LogP contribution is 2.36. The summed E-state index contributed by atoms with van der Waals surface area (Å²) >= 11 is 3.55. The summed E-state index contributed by atoms with van der Waals surface area (Å²) in [6, 6.07) is 15.8. The normalized spacial score (nSPS) is 12.9. The van der Waals surface area contributed by atoms with Crippen LogP contribution in [0.1, 0.15) is 16.7 Å². The maximum Gasteiger partial charge on any atom is 0.231 e. The predicted octanol–water partition coefficient (Wildman–Crippen LogP) is 6.35. The number of hydrogen-bond donors (Lipinski definition) is 0. The molecule has 0 N–H and O–H groups in total. The molecule has 4 aromatic rings. The molecule has 2 heterocycles. The van der Waals surface area contributed by atoms with Crippen molar-refractivity contribution in [2.45, 2.75) is 13.8 Å². The Kier molecular flexibility index (Phi) is 4.36. The molecule has 1 aliphatic heterocycles. The number of aliphatic imine (C=N–C) groups is 1. The van der Waals surface area contributed by atoms with Gasteiger partial charge >= 0.3 is 0 Å². The highest BCUT2D eigenvalue weighted by Gasteiger charge is 2.15. The van der Waals surface area contributed by atoms with E-state index in [4.69, 9.17) is 13.9 Å². The van der Waals surface area contributed by atoms with Gasteiger partial charge in [-0.15, -0.1) is 0 Å². The Labute approximate surface area is 176 Å². The molecule has 1 aliphatic rings. The second kappa shape index (κ2) is 7.04. The first-order valence-electron chi connectivity index (χ1n) is 9.18. The van der Waals surface area contributed by atoms with Gasteiger partial charge in [-0.3, -0.25) is 4.99 Å². The number of ether oxygens (including phenoxy) is 2. The van der Waals surface area contributed by atoms with Gasteiger partial charge < -0.3 is 13.9 Å². The maximum atomic E-state index is 6.03. The molecule has 6 heteroatoms. The molecular formula is C23H17BrN2O3. The minimum atomic E-state index is 0.244. The molecule has 144 valence electrons. The van der Waals surface area contributed by atoms with Crippen molar-refractivity contribution in [3.8, 4) is 23.0 Å². The lowest BCUT2D eigenvalue weighted by Crippen LogP contribution is -1.92. The van der Waals surface area contributed by atoms with Gasteiger partial charge in [0.15, 0.2) is 17.1 Å². The van der Waals surface area contributed by atoms with Crippen molar-refractivity contribution in [1.29, 1.82) is 0 Å². The zero-order chi connectivity index (χ0) is 20.0. The quantitative estimate of drug-likeness (QED) is 0.342. The van der Waals surface area contributed by atoms with E-state index in [1.165, 1.54) is 5.56 Å². The Bertz CT molecular complexity index is 1280. The molecule has 29 heavy (non-hydrogen) atoms. The summed E-state index contributed by atoms with van der Waals surface area (Å²) in [7, 11) is 0. The summed E-state index contributed by atoms with van der Waals surface area (Å²) < 4.78 is 17.8. The third-order valence-corrected chi connectivity index (χ3v) is 5.44. The Morgan fingerprint density at radius 3 is 2.72 bits per heavy atom. The van der Waals surface area contributed by atoms with Gasteiger partial charge in [0.05, 0.1) is 5.69 Å². The van der Waals surface area contributed by atoms with E-state index >= 15 is 0 Å². The van der Waals surface area contributed by atoms with Gasteiger partial charge in [0, 0.05) is 21.8 Å². The van der Waals surface area contributed by atoms with E-state index < -0.39 is 0 Å². The smallest absolute Gasteiger partial charge is 0.231 e. The molecule has 0 spiro atoms. The lowest BCUT2D eigenvalue weighted by atomic mass is 10.1. The molecule has 1 aromatic heterocycles. The monoisotopic (exact) mass is 448 g/mol. The molecule has 0 amide bonds. The molecule has 3 aromatic carbocycles. The van der Waals surface area contributed by atoms with Gasteiger partial charge in [-0.05, 0) is 77.3 Å². The van der Waals surface area contributed by atoms with Gasteiger partial charge in [0.25, 0.3) is 0 Å². The fraction of sp³-hybridized carbons (Fsp3) is 0.130. The third-order valence-electron chi connectivity index (χ3n) is 4.76. The number of rotatable bonds is 3. The lowest BCUT2D eigenvalue weighted by Gasteiger charge is -2.02. The van der Waals surface area contributed by atoms with Crippen molar-refractivity contribution in [2.24, 2.45) is 4.99 Å². The zero-order valence-electron chi connectivity index (χ0n) is 15.9. The highest BCUT2D eigenvalue weighted by molar-refractivity contribution is 9.10. The minimum absolute atomic E-state index is 0.244. The first kappa shape index (κ1) is 17.9. The average Bonchev–Trinajstić information content (AvgIpc) is 3.33. The molecule has 0 unspecified atom stereocenters. The number of aromatic nitrogens is 1. The van der Waals surface area contributed by atoms with Crippen LogP contribution in [0, 0.1) is 13.8 Å². The summed E-state index contributed by atoms with van der Waals surface area (Å²) in [5.41, 5.74) is 6.55. The lowest BCUT2D eigenvalue weighted by molar-refractivity contribution is 0.174. The van der Waals surface area contributed by atoms with Crippen molar-refractivity contribution in [3.63, 3.8) is 0 Å². The summed E-state index contributed by atoms with van der Waals surface area (Å²) in [6.45, 7) is 4.34. The number of fused-ring (bicyclic) bond motifs is 2. The minimum Gasteiger partial charge on any atom is -0.454 e. The van der Waals surface area contributed by atoms with Crippen molar-refractivity contribution in [3.05, 3.63) is 69.7 Å². The number of aryl methyl sites for hydroxylation is 2. The number of hydrogen-bond acceptors (Lipinski definition) is 5. The van der Waals surface area contributed by atoms with E-state index in [1.807, 2.05) is 49.4 Å². The zero-order valence-corrected chi connectivity index (χ0v) is 17.5. The first-order valence-corrected chi connectivity index (χ1v) is 9.97. The number of nitrogens with zero attached hydrogens (tertiary/aromatic N) is 2. The molecule has 0 radical (unpaired) electrons. The SMILES string of the molecule is Cc1cc(C)c2oc(-c3cccc(N=Cc4cc5c(cc4Br)OCO5)c3)nc2c1. The first-order chi connectivity index (χ1) is 14.1. The van der Waals surface area contributed by atoms with Crippen LogP contribution in [0.3, 0.4) is 0 Å². The van der Waals surface area contributed by atoms with Crippen LogP contribution in [0.2, 0.25) is 0 Å². The Morgan fingerprint density at radius 1 is 1.03 bits per heavy atom. The summed E-state index contributed by atoms with van der Waals surface area (Å²) in [4.78, 5) is 9.27. The van der Waals surface area contributed by atoms with Gasteiger partial charge in [-0.1, -0.05) is 12.1 Å². The topological polar surface area (TPSA) is 56.9 Å². The standard InChI is InChI=1S/C23H17BrN2O3/c1-13-6-14(2)22-19(7-13)26-23(29-22)15-4-3-5-17(8-15)25-11-16-9-20-21(10-18(16)24)28-12-27-20/h3-11H,12H2,1-2H3. The molecule has 0 saturated carbocycles. The van der Waals surface area contributed by atoms with E-state index in [9.17, 15) is 0 Å². The summed E-state index contributed by atoms with van der Waals surface area (Å²) in [6.07, 6.45) is 1.80. The summed E-state index contributed by atoms with van der Waals surface area (Å²) in [5.74, 6) is 2.05. The molecule has 0 atom stereocenters. The fourth-order valence-electron chi connectivity index (χ4n) is 3.40. The van der Waals surface area contributed by atoms with Crippen LogP contribution in [-0.4, -0.2) is 18.0 Å². The van der Waals surface area contributed by atoms with Crippen LogP contribution in [0.25, 0.3) is 22.6 Å². The van der Waals surface area contributed by atoms with Gasteiger partial charge in [0.2, 0.25) is 12.7 Å². The Hall–Kier alpha value is -3.12. The van der Waals surface area contributed by atoms with Gasteiger partial charge in [-0.2, -0.15) is 0 Å². The Balaban J connectivity index is 1.48. The van der Waals surface area contributed by atoms with Crippen LogP contribution < -0.4 is 9.47 Å². The van der Waals surface area contributed by atoms with E-state index in [-0.39, 0.29) is 6.79 Å². The molecule has 5 nitrogen and oxygen atoms in total. The second-order valence-corrected chi connectivity index (χ2v) is 7.84. The van der Waals surface area contributed by atoms with Gasteiger partial charge in [-0.25, -0.2) is 4.98 Å². The average molecular weight is 449 g/mol. The Morgan fingerprint density at radius 2 is 1.86 bits per heavy atom. The molecule has 0 saturated heterocycles. The molecular weight excluding hydrogens is 432 g/mol. The van der Waals surface area contributed by atoms with Crippen LogP contribution in [0.4, 0.5) is 5.69 Å². The highest BCUT2D eigenvalue weighted by atomic mass is 79.9. The van der Waals surface area contributed by atoms with Crippen molar-refractivity contribution >= 4 is 38.9 Å². The van der Waals surface area contributed by atoms with E-state index in [2.05, 4.69) is 38.9 Å². The number of oxazole rings is 1. The van der Waals surface area contributed by atoms with Crippen molar-refractivity contribution < 1.29 is 13.9 Å².